The minimum Gasteiger partial charge on any atom is -0.504 e. The number of carboxylic acids is 1. The Kier molecular flexibility index (Phi) is 4.87. The van der Waals surface area contributed by atoms with Crippen LogP contribution < -0.4 is 5.32 Å². The maximum absolute atomic E-state index is 12.3. The Balaban J connectivity index is 1.93. The van der Waals surface area contributed by atoms with Crippen molar-refractivity contribution in [3.05, 3.63) is 23.8 Å². The van der Waals surface area contributed by atoms with Gasteiger partial charge in [-0.1, -0.05) is 6.07 Å². The number of hydrogen-bond acceptors (Lipinski definition) is 5. The van der Waals surface area contributed by atoms with Crippen molar-refractivity contribution in [2.24, 2.45) is 0 Å². The van der Waals surface area contributed by atoms with Crippen LogP contribution in [0.5, 0.6) is 11.5 Å². The summed E-state index contributed by atoms with van der Waals surface area (Å²) < 4.78 is 0. The molecule has 1 aliphatic rings. The Morgan fingerprint density at radius 2 is 2.09 bits per heavy atom. The summed E-state index contributed by atoms with van der Waals surface area (Å²) in [6.07, 6.45) is 1.18. The number of carboxylic acid groups (broad SMARTS) is 1. The molecule has 1 aromatic rings. The second-order valence-electron chi connectivity index (χ2n) is 5.45. The van der Waals surface area contributed by atoms with E-state index in [-0.39, 0.29) is 17.4 Å². The summed E-state index contributed by atoms with van der Waals surface area (Å²) in [4.78, 5) is 24.8. The van der Waals surface area contributed by atoms with E-state index in [1.165, 1.54) is 17.0 Å². The number of benzene rings is 1. The number of rotatable bonds is 5. The minimum atomic E-state index is -0.971. The van der Waals surface area contributed by atoms with Gasteiger partial charge in [0, 0.05) is 13.1 Å². The third kappa shape index (κ3) is 3.48. The molecule has 2 atom stereocenters. The predicted octanol–water partition coefficient (Wildman–Crippen LogP) is 0.651. The van der Waals surface area contributed by atoms with Crippen LogP contribution in [0.4, 0.5) is 0 Å². The average Bonchev–Trinajstić information content (AvgIpc) is 2.97. The smallest absolute Gasteiger partial charge is 0.326 e. The topological polar surface area (TPSA) is 110 Å². The molecule has 1 fully saturated rings. The molecular weight excluding hydrogens is 288 g/mol. The lowest BCUT2D eigenvalue weighted by Gasteiger charge is -2.25. The maximum atomic E-state index is 12.3. The summed E-state index contributed by atoms with van der Waals surface area (Å²) in [6.45, 7) is 2.47. The lowest BCUT2D eigenvalue weighted by molar-refractivity contribution is -0.148. The average molecular weight is 308 g/mol. The fourth-order valence-corrected chi connectivity index (χ4v) is 2.57. The van der Waals surface area contributed by atoms with Crippen LogP contribution in [0.3, 0.4) is 0 Å². The molecule has 0 aromatic heterocycles. The van der Waals surface area contributed by atoms with Crippen LogP contribution in [0, 0.1) is 0 Å². The molecule has 1 heterocycles. The molecule has 1 aromatic carbocycles. The molecular formula is C15H20N2O5. The quantitative estimate of drug-likeness (QED) is 0.595. The second-order valence-corrected chi connectivity index (χ2v) is 5.45. The lowest BCUT2D eigenvalue weighted by atomic mass is 10.1. The van der Waals surface area contributed by atoms with Gasteiger partial charge in [0.25, 0.3) is 0 Å². The van der Waals surface area contributed by atoms with E-state index in [0.29, 0.717) is 31.5 Å². The molecule has 1 amide bonds. The van der Waals surface area contributed by atoms with E-state index >= 15 is 0 Å². The molecule has 0 bridgehead atoms. The zero-order chi connectivity index (χ0) is 16.3. The zero-order valence-electron chi connectivity index (χ0n) is 12.3. The standard InChI is InChI=1S/C15H20N2O5/c1-9(14(20)17-6-2-3-11(17)15(21)22)16-8-10-4-5-12(18)13(19)7-10/h4-5,7,9,11,16,18-19H,2-3,6,8H2,1H3,(H,21,22)/t9-,11-/m0/s1. The summed E-state index contributed by atoms with van der Waals surface area (Å²) in [7, 11) is 0. The zero-order valence-corrected chi connectivity index (χ0v) is 12.3. The summed E-state index contributed by atoms with van der Waals surface area (Å²) in [5.41, 5.74) is 0.714. The van der Waals surface area contributed by atoms with E-state index in [2.05, 4.69) is 5.32 Å². The van der Waals surface area contributed by atoms with Crippen LogP contribution in [0.25, 0.3) is 0 Å². The highest BCUT2D eigenvalue weighted by atomic mass is 16.4. The molecule has 0 unspecified atom stereocenters. The SMILES string of the molecule is C[C@H](NCc1ccc(O)c(O)c1)C(=O)N1CCC[C@H]1C(=O)O. The number of likely N-dealkylation sites (tertiary alicyclic amines) is 1. The Bertz CT molecular complexity index is 575. The number of carbonyl (C=O) groups excluding carboxylic acids is 1. The minimum absolute atomic E-state index is 0.200. The first kappa shape index (κ1) is 16.1. The maximum Gasteiger partial charge on any atom is 0.326 e. The molecule has 0 aliphatic carbocycles. The normalized spacial score (nSPS) is 19.1. The number of phenolic OH excluding ortho intramolecular Hbond substituents is 2. The van der Waals surface area contributed by atoms with Crippen molar-refractivity contribution >= 4 is 11.9 Å². The van der Waals surface area contributed by atoms with Gasteiger partial charge in [0.1, 0.15) is 6.04 Å². The molecule has 1 saturated heterocycles. The van der Waals surface area contributed by atoms with Gasteiger partial charge in [-0.3, -0.25) is 4.79 Å². The Labute approximate surface area is 128 Å². The van der Waals surface area contributed by atoms with Crippen LogP contribution in [0.15, 0.2) is 18.2 Å². The number of carbonyl (C=O) groups is 2. The molecule has 0 spiro atoms. The van der Waals surface area contributed by atoms with E-state index in [0.717, 1.165) is 0 Å². The van der Waals surface area contributed by atoms with E-state index in [1.54, 1.807) is 13.0 Å². The molecule has 2 rings (SSSR count). The first-order chi connectivity index (χ1) is 10.4. The van der Waals surface area contributed by atoms with Gasteiger partial charge >= 0.3 is 5.97 Å². The van der Waals surface area contributed by atoms with Crippen molar-refractivity contribution in [2.45, 2.75) is 38.4 Å². The highest BCUT2D eigenvalue weighted by Crippen LogP contribution is 2.25. The number of amides is 1. The number of nitrogens with one attached hydrogen (secondary N) is 1. The molecule has 0 radical (unpaired) electrons. The van der Waals surface area contributed by atoms with E-state index in [1.807, 2.05) is 0 Å². The van der Waals surface area contributed by atoms with Crippen LogP contribution in [0.2, 0.25) is 0 Å². The van der Waals surface area contributed by atoms with Crippen LogP contribution in [-0.2, 0) is 16.1 Å². The van der Waals surface area contributed by atoms with Crippen molar-refractivity contribution in [3.63, 3.8) is 0 Å². The summed E-state index contributed by atoms with van der Waals surface area (Å²) in [6, 6.07) is 3.15. The largest absolute Gasteiger partial charge is 0.504 e. The van der Waals surface area contributed by atoms with Crippen molar-refractivity contribution in [2.75, 3.05) is 6.54 Å². The fourth-order valence-electron chi connectivity index (χ4n) is 2.57. The van der Waals surface area contributed by atoms with Crippen molar-refractivity contribution in [1.82, 2.24) is 10.2 Å². The first-order valence-electron chi connectivity index (χ1n) is 7.17. The highest BCUT2D eigenvalue weighted by Gasteiger charge is 2.35. The summed E-state index contributed by atoms with van der Waals surface area (Å²) in [5.74, 6) is -1.63. The second kappa shape index (κ2) is 6.65. The molecule has 4 N–H and O–H groups in total. The van der Waals surface area contributed by atoms with Gasteiger partial charge in [0.05, 0.1) is 6.04 Å². The molecule has 7 nitrogen and oxygen atoms in total. The van der Waals surface area contributed by atoms with Gasteiger partial charge < -0.3 is 25.5 Å². The Hall–Kier alpha value is -2.28. The monoisotopic (exact) mass is 308 g/mol. The summed E-state index contributed by atoms with van der Waals surface area (Å²) in [5, 5.41) is 30.8. The van der Waals surface area contributed by atoms with Crippen molar-refractivity contribution in [3.8, 4) is 11.5 Å². The lowest BCUT2D eigenvalue weighted by Crippen LogP contribution is -2.48. The van der Waals surface area contributed by atoms with E-state index in [4.69, 9.17) is 5.11 Å². The van der Waals surface area contributed by atoms with Gasteiger partial charge in [-0.2, -0.15) is 0 Å². The van der Waals surface area contributed by atoms with Crippen molar-refractivity contribution in [1.29, 1.82) is 0 Å². The van der Waals surface area contributed by atoms with E-state index in [9.17, 15) is 19.8 Å². The van der Waals surface area contributed by atoms with Crippen LogP contribution >= 0.6 is 0 Å². The van der Waals surface area contributed by atoms with Gasteiger partial charge in [-0.15, -0.1) is 0 Å². The van der Waals surface area contributed by atoms with Gasteiger partial charge in [0.2, 0.25) is 5.91 Å². The number of hydrogen-bond donors (Lipinski definition) is 4. The van der Waals surface area contributed by atoms with Gasteiger partial charge in [-0.25, -0.2) is 4.79 Å². The Morgan fingerprint density at radius 3 is 2.73 bits per heavy atom. The molecule has 22 heavy (non-hydrogen) atoms. The first-order valence-corrected chi connectivity index (χ1v) is 7.17. The Morgan fingerprint density at radius 1 is 1.36 bits per heavy atom. The third-order valence-corrected chi connectivity index (χ3v) is 3.84. The third-order valence-electron chi connectivity index (χ3n) is 3.84. The number of aliphatic carboxylic acids is 1. The van der Waals surface area contributed by atoms with E-state index < -0.39 is 18.1 Å². The fraction of sp³-hybridized carbons (Fsp3) is 0.467. The molecule has 0 saturated carbocycles. The number of aromatic hydroxyl groups is 2. The van der Waals surface area contributed by atoms with Gasteiger partial charge in [-0.05, 0) is 37.5 Å². The highest BCUT2D eigenvalue weighted by molar-refractivity contribution is 5.87. The predicted molar refractivity (Wildman–Crippen MR) is 78.4 cm³/mol. The number of phenols is 2. The molecule has 7 heteroatoms. The molecule has 1 aliphatic heterocycles. The van der Waals surface area contributed by atoms with Crippen LogP contribution in [-0.4, -0.2) is 50.7 Å². The molecule has 120 valence electrons. The van der Waals surface area contributed by atoms with Gasteiger partial charge in [0.15, 0.2) is 11.5 Å². The summed E-state index contributed by atoms with van der Waals surface area (Å²) >= 11 is 0. The van der Waals surface area contributed by atoms with Crippen LogP contribution in [0.1, 0.15) is 25.3 Å². The van der Waals surface area contributed by atoms with Crippen molar-refractivity contribution < 1.29 is 24.9 Å². The number of nitrogens with zero attached hydrogens (tertiary/aromatic N) is 1.